The number of ether oxygens (including phenoxy) is 1. The van der Waals surface area contributed by atoms with Crippen LogP contribution in [0.4, 0.5) is 0 Å². The number of hydrogen-bond donors (Lipinski definition) is 2. The van der Waals surface area contributed by atoms with Crippen molar-refractivity contribution in [3.05, 3.63) is 87.3 Å². The van der Waals surface area contributed by atoms with Gasteiger partial charge in [0.15, 0.2) is 0 Å². The Bertz CT molecular complexity index is 1420. The number of carbonyl (C=O) groups is 1. The number of rotatable bonds is 8. The minimum absolute atomic E-state index is 0.0334. The molecule has 0 saturated carbocycles. The van der Waals surface area contributed by atoms with Gasteiger partial charge in [0.1, 0.15) is 16.8 Å². The van der Waals surface area contributed by atoms with E-state index in [0.29, 0.717) is 49.2 Å². The summed E-state index contributed by atoms with van der Waals surface area (Å²) in [4.78, 5) is 31.0. The van der Waals surface area contributed by atoms with E-state index in [1.54, 1.807) is 23.9 Å². The molecule has 0 bridgehead atoms. The lowest BCUT2D eigenvalue weighted by molar-refractivity contribution is 0.0946. The van der Waals surface area contributed by atoms with Crippen LogP contribution in [0.3, 0.4) is 0 Å². The smallest absolute Gasteiger partial charge is 0.267 e. The van der Waals surface area contributed by atoms with E-state index in [1.807, 2.05) is 43.3 Å². The molecule has 33 heavy (non-hydrogen) atoms. The van der Waals surface area contributed by atoms with Gasteiger partial charge in [0, 0.05) is 33.0 Å². The third kappa shape index (κ3) is 4.70. The van der Waals surface area contributed by atoms with Gasteiger partial charge in [0.2, 0.25) is 0 Å². The van der Waals surface area contributed by atoms with Crippen molar-refractivity contribution in [3.63, 3.8) is 0 Å². The molecule has 4 aromatic rings. The number of aryl methyl sites for hydroxylation is 3. The summed E-state index contributed by atoms with van der Waals surface area (Å²) >= 11 is 0. The number of nitrogens with zero attached hydrogens (tertiary/aromatic N) is 3. The number of aromatic nitrogens is 3. The SMILES string of the molecule is COCCCNC(=O)c1cc2c(=O)n3cc(C)ccc3nc2n(CCc2ccccc2)c1=N. The first-order valence-corrected chi connectivity index (χ1v) is 10.9. The van der Waals surface area contributed by atoms with Gasteiger partial charge in [-0.3, -0.25) is 19.4 Å². The number of fused-ring (bicyclic) bond motifs is 2. The molecule has 8 heteroatoms. The summed E-state index contributed by atoms with van der Waals surface area (Å²) in [6.45, 7) is 3.27. The average Bonchev–Trinajstić information content (AvgIpc) is 2.82. The molecule has 0 radical (unpaired) electrons. The lowest BCUT2D eigenvalue weighted by Gasteiger charge is -2.15. The average molecular weight is 446 g/mol. The molecule has 1 aromatic carbocycles. The van der Waals surface area contributed by atoms with Crippen LogP contribution in [0.15, 0.2) is 59.5 Å². The van der Waals surface area contributed by atoms with Crippen molar-refractivity contribution in [3.8, 4) is 0 Å². The Hall–Kier alpha value is -3.78. The highest BCUT2D eigenvalue weighted by Crippen LogP contribution is 2.12. The molecular weight excluding hydrogens is 418 g/mol. The standard InChI is InChI=1S/C25H27N5O3/c1-17-9-10-21-28-23-20(25(32)30(21)16-17)15-19(24(31)27-12-6-14-33-2)22(26)29(23)13-11-18-7-4-3-5-8-18/h3-5,7-10,15-16,26H,6,11-14H2,1-2H3,(H,27,31). The van der Waals surface area contributed by atoms with Crippen molar-refractivity contribution in [1.29, 1.82) is 5.41 Å². The highest BCUT2D eigenvalue weighted by atomic mass is 16.5. The Morgan fingerprint density at radius 2 is 1.97 bits per heavy atom. The van der Waals surface area contributed by atoms with E-state index in [9.17, 15) is 9.59 Å². The van der Waals surface area contributed by atoms with Gasteiger partial charge in [0.05, 0.1) is 10.9 Å². The van der Waals surface area contributed by atoms with Crippen LogP contribution >= 0.6 is 0 Å². The monoisotopic (exact) mass is 445 g/mol. The van der Waals surface area contributed by atoms with Gasteiger partial charge in [-0.1, -0.05) is 36.4 Å². The quantitative estimate of drug-likeness (QED) is 0.321. The Morgan fingerprint density at radius 1 is 1.18 bits per heavy atom. The van der Waals surface area contributed by atoms with Gasteiger partial charge in [-0.2, -0.15) is 0 Å². The second-order valence-electron chi connectivity index (χ2n) is 7.98. The lowest BCUT2D eigenvalue weighted by atomic mass is 10.1. The fourth-order valence-corrected chi connectivity index (χ4v) is 3.83. The molecular formula is C25H27N5O3. The minimum Gasteiger partial charge on any atom is -0.385 e. The van der Waals surface area contributed by atoms with Crippen molar-refractivity contribution in [2.75, 3.05) is 20.3 Å². The van der Waals surface area contributed by atoms with Crippen molar-refractivity contribution in [2.24, 2.45) is 0 Å². The van der Waals surface area contributed by atoms with Crippen LogP contribution in [0.2, 0.25) is 0 Å². The number of carbonyl (C=O) groups excluding carboxylic acids is 1. The van der Waals surface area contributed by atoms with Crippen LogP contribution in [-0.4, -0.2) is 40.1 Å². The maximum Gasteiger partial charge on any atom is 0.267 e. The van der Waals surface area contributed by atoms with Crippen LogP contribution < -0.4 is 16.4 Å². The molecule has 170 valence electrons. The predicted octanol–water partition coefficient (Wildman–Crippen LogP) is 2.45. The van der Waals surface area contributed by atoms with E-state index in [0.717, 1.165) is 11.1 Å². The predicted molar refractivity (Wildman–Crippen MR) is 127 cm³/mol. The molecule has 0 aliphatic carbocycles. The van der Waals surface area contributed by atoms with E-state index < -0.39 is 0 Å². The Labute approximate surface area is 191 Å². The first-order valence-electron chi connectivity index (χ1n) is 10.9. The molecule has 4 rings (SSSR count). The van der Waals surface area contributed by atoms with Crippen molar-refractivity contribution in [2.45, 2.75) is 26.3 Å². The van der Waals surface area contributed by atoms with Crippen molar-refractivity contribution < 1.29 is 9.53 Å². The van der Waals surface area contributed by atoms with Crippen LogP contribution in [0.5, 0.6) is 0 Å². The summed E-state index contributed by atoms with van der Waals surface area (Å²) in [5.41, 5.74) is 2.85. The number of nitrogens with one attached hydrogen (secondary N) is 2. The molecule has 8 nitrogen and oxygen atoms in total. The molecule has 0 atom stereocenters. The number of methoxy groups -OCH3 is 1. The molecule has 1 amide bonds. The minimum atomic E-state index is -0.389. The molecule has 0 fully saturated rings. The number of amides is 1. The summed E-state index contributed by atoms with van der Waals surface area (Å²) in [5.74, 6) is -0.389. The zero-order valence-corrected chi connectivity index (χ0v) is 18.8. The van der Waals surface area contributed by atoms with Crippen LogP contribution in [0, 0.1) is 12.3 Å². The fourth-order valence-electron chi connectivity index (χ4n) is 3.83. The highest BCUT2D eigenvalue weighted by molar-refractivity contribution is 5.96. The van der Waals surface area contributed by atoms with E-state index in [2.05, 4.69) is 5.32 Å². The van der Waals surface area contributed by atoms with Gasteiger partial charge >= 0.3 is 0 Å². The van der Waals surface area contributed by atoms with Gasteiger partial charge in [-0.05, 0) is 43.0 Å². The van der Waals surface area contributed by atoms with E-state index >= 15 is 0 Å². The van der Waals surface area contributed by atoms with E-state index in [4.69, 9.17) is 15.1 Å². The second kappa shape index (κ2) is 9.79. The van der Waals surface area contributed by atoms with Crippen LogP contribution in [0.25, 0.3) is 16.7 Å². The van der Waals surface area contributed by atoms with Gasteiger partial charge in [-0.25, -0.2) is 4.98 Å². The molecule has 3 aromatic heterocycles. The molecule has 0 saturated heterocycles. The Morgan fingerprint density at radius 3 is 2.73 bits per heavy atom. The topological polar surface area (TPSA) is 101 Å². The molecule has 0 spiro atoms. The van der Waals surface area contributed by atoms with E-state index in [-0.39, 0.29) is 22.5 Å². The first kappa shape index (κ1) is 22.4. The number of benzene rings is 1. The normalized spacial score (nSPS) is 11.2. The molecule has 2 N–H and O–H groups in total. The Balaban J connectivity index is 1.85. The zero-order valence-electron chi connectivity index (χ0n) is 18.8. The number of hydrogen-bond acceptors (Lipinski definition) is 5. The highest BCUT2D eigenvalue weighted by Gasteiger charge is 2.17. The second-order valence-corrected chi connectivity index (χ2v) is 7.98. The molecule has 0 aliphatic heterocycles. The van der Waals surface area contributed by atoms with Crippen LogP contribution in [0.1, 0.15) is 27.9 Å². The van der Waals surface area contributed by atoms with Crippen LogP contribution in [-0.2, 0) is 17.7 Å². The maximum atomic E-state index is 13.4. The third-order valence-electron chi connectivity index (χ3n) is 5.58. The van der Waals surface area contributed by atoms with Gasteiger partial charge in [-0.15, -0.1) is 0 Å². The largest absolute Gasteiger partial charge is 0.385 e. The van der Waals surface area contributed by atoms with Crippen molar-refractivity contribution >= 4 is 22.6 Å². The first-order chi connectivity index (χ1) is 16.0. The lowest BCUT2D eigenvalue weighted by Crippen LogP contribution is -2.35. The number of pyridine rings is 2. The maximum absolute atomic E-state index is 13.4. The van der Waals surface area contributed by atoms with Gasteiger partial charge < -0.3 is 14.6 Å². The summed E-state index contributed by atoms with van der Waals surface area (Å²) in [6.07, 6.45) is 3.03. The van der Waals surface area contributed by atoms with E-state index in [1.165, 1.54) is 10.5 Å². The summed E-state index contributed by atoms with van der Waals surface area (Å²) in [7, 11) is 1.61. The molecule has 0 unspecified atom stereocenters. The fraction of sp³-hybridized carbons (Fsp3) is 0.280. The van der Waals surface area contributed by atoms with Crippen molar-refractivity contribution in [1.82, 2.24) is 19.3 Å². The third-order valence-corrected chi connectivity index (χ3v) is 5.58. The van der Waals surface area contributed by atoms with Gasteiger partial charge in [0.25, 0.3) is 11.5 Å². The summed E-state index contributed by atoms with van der Waals surface area (Å²) < 4.78 is 8.17. The summed E-state index contributed by atoms with van der Waals surface area (Å²) in [5, 5.41) is 11.9. The zero-order chi connectivity index (χ0) is 23.4. The Kier molecular flexibility index (Phi) is 6.65. The molecule has 0 aliphatic rings. The molecule has 3 heterocycles. The summed E-state index contributed by atoms with van der Waals surface area (Å²) in [6, 6.07) is 15.1.